The maximum atomic E-state index is 12.7. The van der Waals surface area contributed by atoms with Gasteiger partial charge in [0.15, 0.2) is 5.76 Å². The van der Waals surface area contributed by atoms with E-state index in [2.05, 4.69) is 10.6 Å². The summed E-state index contributed by atoms with van der Waals surface area (Å²) in [5.74, 6) is -2.27. The van der Waals surface area contributed by atoms with Crippen LogP contribution in [0.3, 0.4) is 0 Å². The monoisotopic (exact) mass is 433 g/mol. The van der Waals surface area contributed by atoms with E-state index in [9.17, 15) is 29.6 Å². The van der Waals surface area contributed by atoms with Crippen molar-refractivity contribution in [3.63, 3.8) is 0 Å². The number of nitrogens with zero attached hydrogens (tertiary/aromatic N) is 1. The summed E-state index contributed by atoms with van der Waals surface area (Å²) < 4.78 is 5.00. The molecule has 0 saturated carbocycles. The standard InChI is InChI=1S/C19H19N3O7S/c1-30-10-8-14(19(25)26)20-17(23)15(21-18(24)16-3-2-9-29-16)11-12-4-6-13(7-5-12)22(27)28/h2-7,9,11,14H,8,10H2,1H3,(H,20,23)(H,21,24)(H,25,26)/b15-11-. The van der Waals surface area contributed by atoms with E-state index in [1.165, 1.54) is 60.5 Å². The molecule has 0 aliphatic carbocycles. The first-order chi connectivity index (χ1) is 14.3. The van der Waals surface area contributed by atoms with Crippen LogP contribution in [0.5, 0.6) is 0 Å². The van der Waals surface area contributed by atoms with E-state index in [0.717, 1.165) is 0 Å². The van der Waals surface area contributed by atoms with Crippen molar-refractivity contribution in [2.24, 2.45) is 0 Å². The zero-order valence-electron chi connectivity index (χ0n) is 15.9. The lowest BCUT2D eigenvalue weighted by Gasteiger charge is -2.16. The Labute approximate surface area is 175 Å². The second-order valence-corrected chi connectivity index (χ2v) is 6.97. The van der Waals surface area contributed by atoms with E-state index in [0.29, 0.717) is 11.3 Å². The predicted molar refractivity (Wildman–Crippen MR) is 110 cm³/mol. The molecular formula is C19H19N3O7S. The smallest absolute Gasteiger partial charge is 0.326 e. The first kappa shape index (κ1) is 22.7. The molecule has 0 radical (unpaired) electrons. The van der Waals surface area contributed by atoms with Crippen molar-refractivity contribution >= 4 is 41.3 Å². The van der Waals surface area contributed by atoms with Crippen LogP contribution >= 0.6 is 11.8 Å². The molecule has 0 fully saturated rings. The summed E-state index contributed by atoms with van der Waals surface area (Å²) in [5, 5.41) is 24.9. The molecule has 1 aromatic heterocycles. The van der Waals surface area contributed by atoms with Gasteiger partial charge < -0.3 is 20.2 Å². The number of furan rings is 1. The molecule has 1 unspecified atom stereocenters. The van der Waals surface area contributed by atoms with Crippen LogP contribution in [-0.4, -0.2) is 45.9 Å². The molecule has 2 amide bonds. The van der Waals surface area contributed by atoms with Gasteiger partial charge in [-0.25, -0.2) is 4.79 Å². The number of carboxylic acid groups (broad SMARTS) is 1. The average Bonchev–Trinajstić information content (AvgIpc) is 3.25. The van der Waals surface area contributed by atoms with Crippen molar-refractivity contribution < 1.29 is 28.8 Å². The van der Waals surface area contributed by atoms with Crippen LogP contribution in [0, 0.1) is 10.1 Å². The van der Waals surface area contributed by atoms with Gasteiger partial charge in [-0.1, -0.05) is 0 Å². The summed E-state index contributed by atoms with van der Waals surface area (Å²) in [7, 11) is 0. The van der Waals surface area contributed by atoms with Gasteiger partial charge >= 0.3 is 5.97 Å². The molecule has 2 rings (SSSR count). The Bertz CT molecular complexity index is 940. The van der Waals surface area contributed by atoms with Gasteiger partial charge in [-0.3, -0.25) is 19.7 Å². The van der Waals surface area contributed by atoms with Crippen molar-refractivity contribution in [2.75, 3.05) is 12.0 Å². The lowest BCUT2D eigenvalue weighted by atomic mass is 10.1. The lowest BCUT2D eigenvalue weighted by Crippen LogP contribution is -2.44. The SMILES string of the molecule is CSCCC(NC(=O)/C(=C/c1ccc([N+](=O)[O-])cc1)NC(=O)c1ccco1)C(=O)O. The molecule has 0 saturated heterocycles. The second-order valence-electron chi connectivity index (χ2n) is 5.98. The molecule has 3 N–H and O–H groups in total. The fourth-order valence-electron chi connectivity index (χ4n) is 2.34. The number of carbonyl (C=O) groups is 3. The van der Waals surface area contributed by atoms with Crippen molar-refractivity contribution in [1.29, 1.82) is 0 Å². The molecule has 10 nitrogen and oxygen atoms in total. The number of hydrogen-bond acceptors (Lipinski definition) is 7. The third-order valence-corrected chi connectivity index (χ3v) is 4.51. The third kappa shape index (κ3) is 6.48. The quantitative estimate of drug-likeness (QED) is 0.293. The first-order valence-electron chi connectivity index (χ1n) is 8.65. The van der Waals surface area contributed by atoms with E-state index >= 15 is 0 Å². The number of aliphatic carboxylic acids is 1. The first-order valence-corrected chi connectivity index (χ1v) is 10.0. The van der Waals surface area contributed by atoms with Crippen molar-refractivity contribution in [3.05, 3.63) is 69.8 Å². The number of rotatable bonds is 10. The highest BCUT2D eigenvalue weighted by molar-refractivity contribution is 7.98. The average molecular weight is 433 g/mol. The van der Waals surface area contributed by atoms with Gasteiger partial charge in [-0.2, -0.15) is 11.8 Å². The molecule has 2 aromatic rings. The van der Waals surface area contributed by atoms with Crippen molar-refractivity contribution in [1.82, 2.24) is 10.6 Å². The third-order valence-electron chi connectivity index (χ3n) is 3.87. The molecule has 0 spiro atoms. The van der Waals surface area contributed by atoms with E-state index in [1.54, 1.807) is 0 Å². The molecule has 30 heavy (non-hydrogen) atoms. The number of benzene rings is 1. The highest BCUT2D eigenvalue weighted by atomic mass is 32.2. The molecule has 1 heterocycles. The maximum absolute atomic E-state index is 12.7. The zero-order chi connectivity index (χ0) is 22.1. The van der Waals surface area contributed by atoms with Crippen LogP contribution < -0.4 is 10.6 Å². The summed E-state index contributed by atoms with van der Waals surface area (Å²) in [4.78, 5) is 46.7. The van der Waals surface area contributed by atoms with Gasteiger partial charge in [0.2, 0.25) is 0 Å². The van der Waals surface area contributed by atoms with Crippen LogP contribution in [0.25, 0.3) is 6.08 Å². The minimum Gasteiger partial charge on any atom is -0.480 e. The summed E-state index contributed by atoms with van der Waals surface area (Å²) in [5.41, 5.74) is 0.0166. The normalized spacial score (nSPS) is 12.1. The number of nitrogens with one attached hydrogen (secondary N) is 2. The molecule has 1 atom stereocenters. The van der Waals surface area contributed by atoms with E-state index in [-0.39, 0.29) is 23.6 Å². The highest BCUT2D eigenvalue weighted by Crippen LogP contribution is 2.15. The predicted octanol–water partition coefficient (Wildman–Crippen LogP) is 2.28. The second kappa shape index (κ2) is 10.8. The van der Waals surface area contributed by atoms with Crippen LogP contribution in [0.15, 0.2) is 52.8 Å². The fraction of sp³-hybridized carbons (Fsp3) is 0.211. The van der Waals surface area contributed by atoms with Gasteiger partial charge in [0.05, 0.1) is 11.2 Å². The van der Waals surface area contributed by atoms with Gasteiger partial charge in [-0.05, 0) is 54.3 Å². The molecular weight excluding hydrogens is 414 g/mol. The van der Waals surface area contributed by atoms with Crippen molar-refractivity contribution in [3.8, 4) is 0 Å². The Morgan fingerprint density at radius 1 is 1.27 bits per heavy atom. The van der Waals surface area contributed by atoms with Gasteiger partial charge in [0.1, 0.15) is 11.7 Å². The number of nitro groups is 1. The summed E-state index contributed by atoms with van der Waals surface area (Å²) >= 11 is 1.43. The zero-order valence-corrected chi connectivity index (χ0v) is 16.7. The largest absolute Gasteiger partial charge is 0.480 e. The number of nitro benzene ring substituents is 1. The van der Waals surface area contributed by atoms with E-state index < -0.39 is 28.7 Å². The Morgan fingerprint density at radius 2 is 1.97 bits per heavy atom. The maximum Gasteiger partial charge on any atom is 0.326 e. The number of carboxylic acids is 1. The van der Waals surface area contributed by atoms with Crippen LogP contribution in [0.1, 0.15) is 22.5 Å². The number of non-ortho nitro benzene ring substituents is 1. The number of amides is 2. The van der Waals surface area contributed by atoms with Gasteiger partial charge in [0, 0.05) is 12.1 Å². The number of thioether (sulfide) groups is 1. The number of hydrogen-bond donors (Lipinski definition) is 3. The Hall–Kier alpha value is -3.60. The molecule has 1 aromatic carbocycles. The van der Waals surface area contributed by atoms with Gasteiger partial charge in [0.25, 0.3) is 17.5 Å². The van der Waals surface area contributed by atoms with Crippen LogP contribution in [0.2, 0.25) is 0 Å². The topological polar surface area (TPSA) is 152 Å². The molecule has 158 valence electrons. The Kier molecular flexibility index (Phi) is 8.18. The Morgan fingerprint density at radius 3 is 2.50 bits per heavy atom. The number of carbonyl (C=O) groups excluding carboxylic acids is 2. The van der Waals surface area contributed by atoms with Crippen molar-refractivity contribution in [2.45, 2.75) is 12.5 Å². The van der Waals surface area contributed by atoms with Gasteiger partial charge in [-0.15, -0.1) is 0 Å². The molecule has 0 bridgehead atoms. The summed E-state index contributed by atoms with van der Waals surface area (Å²) in [6, 6.07) is 7.03. The Balaban J connectivity index is 2.29. The van der Waals surface area contributed by atoms with Crippen LogP contribution in [0.4, 0.5) is 5.69 Å². The summed E-state index contributed by atoms with van der Waals surface area (Å²) in [6.45, 7) is 0. The molecule has 0 aliphatic rings. The van der Waals surface area contributed by atoms with Crippen LogP contribution in [-0.2, 0) is 9.59 Å². The molecule has 11 heteroatoms. The van der Waals surface area contributed by atoms with E-state index in [1.807, 2.05) is 6.26 Å². The minimum absolute atomic E-state index is 0.0467. The molecule has 0 aliphatic heterocycles. The summed E-state index contributed by atoms with van der Waals surface area (Å²) in [6.07, 6.45) is 4.58. The minimum atomic E-state index is -1.20. The fourth-order valence-corrected chi connectivity index (χ4v) is 2.81. The lowest BCUT2D eigenvalue weighted by molar-refractivity contribution is -0.384. The highest BCUT2D eigenvalue weighted by Gasteiger charge is 2.23. The van der Waals surface area contributed by atoms with E-state index in [4.69, 9.17) is 4.42 Å².